The average molecular weight is 438 g/mol. The molecule has 2 rings (SSSR count). The zero-order chi connectivity index (χ0) is 15.3. The van der Waals surface area contributed by atoms with E-state index in [1.54, 1.807) is 12.1 Å². The fourth-order valence-electron chi connectivity index (χ4n) is 2.37. The zero-order valence-corrected chi connectivity index (χ0v) is 15.6. The van der Waals surface area contributed by atoms with E-state index in [9.17, 15) is 8.42 Å². The van der Waals surface area contributed by atoms with E-state index < -0.39 is 10.0 Å². The molecule has 1 aliphatic rings. The van der Waals surface area contributed by atoms with Crippen LogP contribution in [0.4, 0.5) is 0 Å². The average Bonchev–Trinajstić information content (AvgIpc) is 2.47. The molecule has 0 saturated carbocycles. The van der Waals surface area contributed by atoms with Gasteiger partial charge < -0.3 is 10.6 Å². The first-order valence-corrected chi connectivity index (χ1v) is 8.68. The summed E-state index contributed by atoms with van der Waals surface area (Å²) in [6, 6.07) is 6.55. The Balaban J connectivity index is 0.00000242. The van der Waals surface area contributed by atoms with Crippen LogP contribution in [-0.4, -0.2) is 38.9 Å². The smallest absolute Gasteiger partial charge is 0.238 e. The number of piperidine rings is 1. The molecule has 0 radical (unpaired) electrons. The third-order valence-electron chi connectivity index (χ3n) is 3.61. The quantitative estimate of drug-likeness (QED) is 0.420. The van der Waals surface area contributed by atoms with Gasteiger partial charge in [0.05, 0.1) is 4.90 Å². The molecule has 1 aromatic rings. The number of sulfonamides is 1. The minimum atomic E-state index is -3.62. The predicted octanol–water partition coefficient (Wildman–Crippen LogP) is 1.30. The van der Waals surface area contributed by atoms with E-state index in [0.29, 0.717) is 12.5 Å². The van der Waals surface area contributed by atoms with Crippen molar-refractivity contribution in [3.05, 3.63) is 29.8 Å². The lowest BCUT2D eigenvalue weighted by atomic mass is 10.1. The molecule has 0 atom stereocenters. The molecule has 6 nitrogen and oxygen atoms in total. The summed E-state index contributed by atoms with van der Waals surface area (Å²) in [4.78, 5) is 6.64. The van der Waals surface area contributed by atoms with Gasteiger partial charge in [-0.15, -0.1) is 24.0 Å². The molecule has 0 aliphatic carbocycles. The van der Waals surface area contributed by atoms with Crippen molar-refractivity contribution in [2.75, 3.05) is 19.6 Å². The Kier molecular flexibility index (Phi) is 7.57. The second kappa shape index (κ2) is 8.68. The van der Waals surface area contributed by atoms with Crippen LogP contribution in [0.1, 0.15) is 24.8 Å². The van der Waals surface area contributed by atoms with Gasteiger partial charge in [-0.1, -0.05) is 12.1 Å². The van der Waals surface area contributed by atoms with Gasteiger partial charge in [0, 0.05) is 19.6 Å². The van der Waals surface area contributed by atoms with E-state index in [1.807, 2.05) is 0 Å². The summed E-state index contributed by atoms with van der Waals surface area (Å²) in [5.74, 6) is 0.607. The van der Waals surface area contributed by atoms with Crippen LogP contribution < -0.4 is 10.9 Å². The van der Waals surface area contributed by atoms with Crippen molar-refractivity contribution in [2.24, 2.45) is 15.9 Å². The number of guanidine groups is 1. The molecule has 8 heteroatoms. The fraction of sp³-hybridized carbons (Fsp3) is 0.500. The van der Waals surface area contributed by atoms with Crippen molar-refractivity contribution in [2.45, 2.75) is 30.6 Å². The minimum absolute atomic E-state index is 0. The number of aliphatic imine (C=N–C) groups is 1. The maximum atomic E-state index is 11.2. The number of hydrogen-bond donors (Lipinski definition) is 2. The predicted molar refractivity (Wildman–Crippen MR) is 98.8 cm³/mol. The molecular weight excluding hydrogens is 415 g/mol. The molecular formula is C14H23IN4O2S. The van der Waals surface area contributed by atoms with Gasteiger partial charge in [0.25, 0.3) is 0 Å². The van der Waals surface area contributed by atoms with Gasteiger partial charge in [0.2, 0.25) is 10.0 Å². The summed E-state index contributed by atoms with van der Waals surface area (Å²) in [6.45, 7) is 2.56. The van der Waals surface area contributed by atoms with E-state index in [2.05, 4.69) is 9.89 Å². The number of halogens is 1. The first-order valence-electron chi connectivity index (χ1n) is 7.13. The third-order valence-corrected chi connectivity index (χ3v) is 4.54. The Morgan fingerprint density at radius 2 is 1.73 bits per heavy atom. The van der Waals surface area contributed by atoms with Crippen LogP contribution >= 0.6 is 24.0 Å². The maximum Gasteiger partial charge on any atom is 0.238 e. The van der Waals surface area contributed by atoms with E-state index in [4.69, 9.17) is 10.9 Å². The minimum Gasteiger partial charge on any atom is -0.370 e. The molecule has 1 aliphatic heterocycles. The van der Waals surface area contributed by atoms with Gasteiger partial charge in [0.1, 0.15) is 0 Å². The summed E-state index contributed by atoms with van der Waals surface area (Å²) < 4.78 is 22.3. The van der Waals surface area contributed by atoms with Gasteiger partial charge in [-0.2, -0.15) is 0 Å². The number of likely N-dealkylation sites (tertiary alicyclic amines) is 1. The summed E-state index contributed by atoms with van der Waals surface area (Å²) in [5.41, 5.74) is 6.99. The highest BCUT2D eigenvalue weighted by atomic mass is 127. The molecule has 0 amide bonds. The number of nitrogens with zero attached hydrogens (tertiary/aromatic N) is 2. The largest absolute Gasteiger partial charge is 0.370 e. The topological polar surface area (TPSA) is 102 Å². The first kappa shape index (κ1) is 19.2. The number of benzene rings is 1. The molecule has 0 unspecified atom stereocenters. The zero-order valence-electron chi connectivity index (χ0n) is 12.4. The van der Waals surface area contributed by atoms with Crippen molar-refractivity contribution in [3.63, 3.8) is 0 Å². The number of primary sulfonamides is 1. The molecule has 1 saturated heterocycles. The molecule has 22 heavy (non-hydrogen) atoms. The normalized spacial score (nSPS) is 16.2. The number of rotatable bonds is 4. The third kappa shape index (κ3) is 5.73. The fourth-order valence-corrected chi connectivity index (χ4v) is 2.88. The standard InChI is InChI=1S/C14H22N4O2S.HI/c15-14(18-10-2-1-3-11-18)17-9-8-12-4-6-13(7-5-12)21(16,19)20;/h4-7H,1-3,8-11H2,(H2,15,17)(H2,16,19,20);1H. The van der Waals surface area contributed by atoms with Crippen molar-refractivity contribution < 1.29 is 8.42 Å². The molecule has 0 bridgehead atoms. The van der Waals surface area contributed by atoms with Crippen molar-refractivity contribution in [1.82, 2.24) is 4.90 Å². The van der Waals surface area contributed by atoms with Crippen LogP contribution in [0.25, 0.3) is 0 Å². The monoisotopic (exact) mass is 438 g/mol. The van der Waals surface area contributed by atoms with Gasteiger partial charge in [-0.25, -0.2) is 13.6 Å². The van der Waals surface area contributed by atoms with Crippen LogP contribution in [0, 0.1) is 0 Å². The lowest BCUT2D eigenvalue weighted by Gasteiger charge is -2.27. The Morgan fingerprint density at radius 3 is 2.27 bits per heavy atom. The number of nitrogens with two attached hydrogens (primary N) is 2. The molecule has 0 aromatic heterocycles. The molecule has 0 spiro atoms. The SMILES string of the molecule is I.NC(=NCCc1ccc(S(N)(=O)=O)cc1)N1CCCCC1. The molecule has 1 heterocycles. The Bertz CT molecular complexity index is 596. The summed E-state index contributed by atoms with van der Waals surface area (Å²) >= 11 is 0. The van der Waals surface area contributed by atoms with Crippen molar-refractivity contribution in [1.29, 1.82) is 0 Å². The molecule has 1 fully saturated rings. The first-order chi connectivity index (χ1) is 9.97. The number of hydrogen-bond acceptors (Lipinski definition) is 3. The highest BCUT2D eigenvalue weighted by molar-refractivity contribution is 14.0. The second-order valence-electron chi connectivity index (χ2n) is 5.23. The highest BCUT2D eigenvalue weighted by Gasteiger charge is 2.11. The van der Waals surface area contributed by atoms with E-state index in [1.165, 1.54) is 31.4 Å². The van der Waals surface area contributed by atoms with E-state index in [0.717, 1.165) is 25.1 Å². The molecule has 124 valence electrons. The Morgan fingerprint density at radius 1 is 1.14 bits per heavy atom. The maximum absolute atomic E-state index is 11.2. The lowest BCUT2D eigenvalue weighted by molar-refractivity contribution is 0.338. The Labute approximate surface area is 149 Å². The van der Waals surface area contributed by atoms with Crippen molar-refractivity contribution in [3.8, 4) is 0 Å². The van der Waals surface area contributed by atoms with Crippen LogP contribution in [-0.2, 0) is 16.4 Å². The van der Waals surface area contributed by atoms with E-state index in [-0.39, 0.29) is 28.9 Å². The van der Waals surface area contributed by atoms with Gasteiger partial charge >= 0.3 is 0 Å². The summed E-state index contributed by atoms with van der Waals surface area (Å²) in [6.07, 6.45) is 4.33. The summed E-state index contributed by atoms with van der Waals surface area (Å²) in [5, 5.41) is 5.06. The van der Waals surface area contributed by atoms with E-state index >= 15 is 0 Å². The van der Waals surface area contributed by atoms with Crippen LogP contribution in [0.15, 0.2) is 34.2 Å². The van der Waals surface area contributed by atoms with Gasteiger partial charge in [-0.3, -0.25) is 4.99 Å². The highest BCUT2D eigenvalue weighted by Crippen LogP contribution is 2.10. The van der Waals surface area contributed by atoms with Crippen LogP contribution in [0.2, 0.25) is 0 Å². The lowest BCUT2D eigenvalue weighted by Crippen LogP contribution is -2.41. The van der Waals surface area contributed by atoms with Crippen molar-refractivity contribution >= 4 is 40.0 Å². The van der Waals surface area contributed by atoms with Crippen LogP contribution in [0.3, 0.4) is 0 Å². The summed E-state index contributed by atoms with van der Waals surface area (Å²) in [7, 11) is -3.62. The molecule has 4 N–H and O–H groups in total. The van der Waals surface area contributed by atoms with Crippen LogP contribution in [0.5, 0.6) is 0 Å². The van der Waals surface area contributed by atoms with Gasteiger partial charge in [-0.05, 0) is 43.4 Å². The molecule has 1 aromatic carbocycles. The second-order valence-corrected chi connectivity index (χ2v) is 6.79. The van der Waals surface area contributed by atoms with Gasteiger partial charge in [0.15, 0.2) is 5.96 Å². The Hall–Kier alpha value is -0.870.